The Labute approximate surface area is 134 Å². The standard InChI is InChI=1S/C15H13F3N2O4/c1-9-6-12(19-24-9)14(23)20(8-13(21)22)7-10-2-4-11(5-3-10)15(16,17)18/h2-6H,7-8H2,1H3,(H,21,22). The molecule has 0 radical (unpaired) electrons. The number of carboxylic acid groups (broad SMARTS) is 1. The third-order valence-corrected chi connectivity index (χ3v) is 3.12. The number of aliphatic carboxylic acids is 1. The number of benzene rings is 1. The predicted molar refractivity (Wildman–Crippen MR) is 75.1 cm³/mol. The fourth-order valence-corrected chi connectivity index (χ4v) is 2.01. The van der Waals surface area contributed by atoms with E-state index in [1.165, 1.54) is 18.2 Å². The number of alkyl halides is 3. The highest BCUT2D eigenvalue weighted by atomic mass is 19.4. The van der Waals surface area contributed by atoms with Crippen LogP contribution in [0, 0.1) is 6.92 Å². The summed E-state index contributed by atoms with van der Waals surface area (Å²) in [4.78, 5) is 24.2. The van der Waals surface area contributed by atoms with Gasteiger partial charge in [-0.2, -0.15) is 13.2 Å². The molecule has 1 amide bonds. The average molecular weight is 342 g/mol. The van der Waals surface area contributed by atoms with E-state index in [9.17, 15) is 22.8 Å². The van der Waals surface area contributed by atoms with E-state index in [0.717, 1.165) is 17.0 Å². The number of hydrogen-bond donors (Lipinski definition) is 1. The first kappa shape index (κ1) is 17.5. The molecule has 1 N–H and O–H groups in total. The Morgan fingerprint density at radius 1 is 1.25 bits per heavy atom. The topological polar surface area (TPSA) is 83.6 Å². The number of rotatable bonds is 5. The van der Waals surface area contributed by atoms with Crippen LogP contribution in [-0.4, -0.2) is 33.6 Å². The molecule has 128 valence electrons. The summed E-state index contributed by atoms with van der Waals surface area (Å²) in [5, 5.41) is 12.5. The lowest BCUT2D eigenvalue weighted by atomic mass is 10.1. The van der Waals surface area contributed by atoms with Gasteiger partial charge in [0.15, 0.2) is 5.69 Å². The number of aromatic nitrogens is 1. The van der Waals surface area contributed by atoms with Crippen molar-refractivity contribution >= 4 is 11.9 Å². The van der Waals surface area contributed by atoms with Crippen molar-refractivity contribution in [2.45, 2.75) is 19.6 Å². The predicted octanol–water partition coefficient (Wildman–Crippen LogP) is 2.73. The van der Waals surface area contributed by atoms with Gasteiger partial charge in [-0.1, -0.05) is 17.3 Å². The molecule has 0 atom stereocenters. The fraction of sp³-hybridized carbons (Fsp3) is 0.267. The molecular formula is C15H13F3N2O4. The highest BCUT2D eigenvalue weighted by molar-refractivity contribution is 5.94. The summed E-state index contributed by atoms with van der Waals surface area (Å²) < 4.78 is 42.4. The SMILES string of the molecule is Cc1cc(C(=O)N(CC(=O)O)Cc2ccc(C(F)(F)F)cc2)no1. The third-order valence-electron chi connectivity index (χ3n) is 3.12. The van der Waals surface area contributed by atoms with Crippen molar-refractivity contribution in [2.24, 2.45) is 0 Å². The van der Waals surface area contributed by atoms with Gasteiger partial charge in [0.05, 0.1) is 5.56 Å². The summed E-state index contributed by atoms with van der Waals surface area (Å²) in [6.07, 6.45) is -4.46. The van der Waals surface area contributed by atoms with Gasteiger partial charge in [0.2, 0.25) is 0 Å². The monoisotopic (exact) mass is 342 g/mol. The lowest BCUT2D eigenvalue weighted by Gasteiger charge is -2.19. The smallest absolute Gasteiger partial charge is 0.416 e. The molecule has 0 fully saturated rings. The van der Waals surface area contributed by atoms with Crippen LogP contribution in [-0.2, 0) is 17.5 Å². The normalized spacial score (nSPS) is 11.3. The maximum atomic E-state index is 12.5. The Morgan fingerprint density at radius 2 is 1.88 bits per heavy atom. The largest absolute Gasteiger partial charge is 0.480 e. The van der Waals surface area contributed by atoms with Crippen LogP contribution in [0.1, 0.15) is 27.4 Å². The minimum Gasteiger partial charge on any atom is -0.480 e. The van der Waals surface area contributed by atoms with Crippen molar-refractivity contribution < 1.29 is 32.4 Å². The first-order chi connectivity index (χ1) is 11.2. The van der Waals surface area contributed by atoms with Gasteiger partial charge in [-0.3, -0.25) is 9.59 Å². The van der Waals surface area contributed by atoms with Gasteiger partial charge in [0.1, 0.15) is 12.3 Å². The van der Waals surface area contributed by atoms with Crippen molar-refractivity contribution in [1.29, 1.82) is 0 Å². The molecule has 2 rings (SSSR count). The molecule has 0 bridgehead atoms. The quantitative estimate of drug-likeness (QED) is 0.903. The van der Waals surface area contributed by atoms with Crippen molar-refractivity contribution in [3.05, 3.63) is 52.9 Å². The number of carbonyl (C=O) groups is 2. The molecular weight excluding hydrogens is 329 g/mol. The molecule has 0 aliphatic heterocycles. The Kier molecular flexibility index (Phi) is 4.91. The van der Waals surface area contributed by atoms with E-state index < -0.39 is 30.2 Å². The molecule has 1 heterocycles. The number of carbonyl (C=O) groups excluding carboxylic acids is 1. The van der Waals surface area contributed by atoms with Crippen molar-refractivity contribution in [2.75, 3.05) is 6.54 Å². The zero-order valence-electron chi connectivity index (χ0n) is 12.5. The van der Waals surface area contributed by atoms with E-state index in [4.69, 9.17) is 9.63 Å². The molecule has 24 heavy (non-hydrogen) atoms. The second-order valence-electron chi connectivity index (χ2n) is 5.07. The maximum absolute atomic E-state index is 12.5. The molecule has 1 aromatic carbocycles. The van der Waals surface area contributed by atoms with Crippen molar-refractivity contribution in [3.8, 4) is 0 Å². The first-order valence-corrected chi connectivity index (χ1v) is 6.77. The molecule has 0 aliphatic rings. The first-order valence-electron chi connectivity index (χ1n) is 6.77. The van der Waals surface area contributed by atoms with E-state index in [2.05, 4.69) is 5.16 Å². The van der Waals surface area contributed by atoms with E-state index in [-0.39, 0.29) is 12.2 Å². The molecule has 9 heteroatoms. The van der Waals surface area contributed by atoms with E-state index in [1.54, 1.807) is 6.92 Å². The van der Waals surface area contributed by atoms with Gasteiger partial charge >= 0.3 is 12.1 Å². The number of nitrogens with zero attached hydrogens (tertiary/aromatic N) is 2. The van der Waals surface area contributed by atoms with Crippen LogP contribution in [0.5, 0.6) is 0 Å². The minimum atomic E-state index is -4.46. The molecule has 2 aromatic rings. The average Bonchev–Trinajstić information content (AvgIpc) is 2.91. The van der Waals surface area contributed by atoms with Crippen LogP contribution in [0.25, 0.3) is 0 Å². The summed E-state index contributed by atoms with van der Waals surface area (Å²) in [5.41, 5.74) is -0.534. The molecule has 0 spiro atoms. The second kappa shape index (κ2) is 6.73. The highest BCUT2D eigenvalue weighted by Gasteiger charge is 2.30. The number of hydrogen-bond acceptors (Lipinski definition) is 4. The number of amides is 1. The Bertz CT molecular complexity index is 738. The van der Waals surface area contributed by atoms with E-state index >= 15 is 0 Å². The number of aryl methyl sites for hydroxylation is 1. The van der Waals surface area contributed by atoms with Crippen LogP contribution in [0.4, 0.5) is 13.2 Å². The lowest BCUT2D eigenvalue weighted by molar-refractivity contribution is -0.138. The van der Waals surface area contributed by atoms with Gasteiger partial charge in [-0.15, -0.1) is 0 Å². The van der Waals surface area contributed by atoms with Gasteiger partial charge in [0, 0.05) is 12.6 Å². The third kappa shape index (κ3) is 4.34. The molecule has 0 saturated heterocycles. The summed E-state index contributed by atoms with van der Waals surface area (Å²) in [6, 6.07) is 5.49. The second-order valence-corrected chi connectivity index (χ2v) is 5.07. The van der Waals surface area contributed by atoms with Crippen LogP contribution in [0.2, 0.25) is 0 Å². The molecule has 0 unspecified atom stereocenters. The molecule has 6 nitrogen and oxygen atoms in total. The highest BCUT2D eigenvalue weighted by Crippen LogP contribution is 2.29. The Hall–Kier alpha value is -2.84. The van der Waals surface area contributed by atoms with Crippen LogP contribution in [0.15, 0.2) is 34.9 Å². The molecule has 1 aromatic heterocycles. The van der Waals surface area contributed by atoms with Crippen LogP contribution in [0.3, 0.4) is 0 Å². The lowest BCUT2D eigenvalue weighted by Crippen LogP contribution is -2.35. The summed E-state index contributed by atoms with van der Waals surface area (Å²) >= 11 is 0. The van der Waals surface area contributed by atoms with Crippen molar-refractivity contribution in [3.63, 3.8) is 0 Å². The minimum absolute atomic E-state index is 0.0688. The van der Waals surface area contributed by atoms with Gasteiger partial charge in [-0.25, -0.2) is 0 Å². The van der Waals surface area contributed by atoms with Crippen LogP contribution < -0.4 is 0 Å². The van der Waals surface area contributed by atoms with E-state index in [1.807, 2.05) is 0 Å². The summed E-state index contributed by atoms with van der Waals surface area (Å²) in [6.45, 7) is 0.780. The van der Waals surface area contributed by atoms with Gasteiger partial charge in [0.25, 0.3) is 5.91 Å². The zero-order valence-corrected chi connectivity index (χ0v) is 12.5. The fourth-order valence-electron chi connectivity index (χ4n) is 2.01. The summed E-state index contributed by atoms with van der Waals surface area (Å²) in [5.74, 6) is -1.56. The number of halogens is 3. The van der Waals surface area contributed by atoms with Crippen molar-refractivity contribution in [1.82, 2.24) is 10.1 Å². The van der Waals surface area contributed by atoms with Gasteiger partial charge < -0.3 is 14.5 Å². The summed E-state index contributed by atoms with van der Waals surface area (Å²) in [7, 11) is 0. The zero-order chi connectivity index (χ0) is 17.9. The maximum Gasteiger partial charge on any atom is 0.416 e. The number of carboxylic acids is 1. The molecule has 0 aliphatic carbocycles. The molecule has 0 saturated carbocycles. The van der Waals surface area contributed by atoms with Gasteiger partial charge in [-0.05, 0) is 24.6 Å². The van der Waals surface area contributed by atoms with E-state index in [0.29, 0.717) is 11.3 Å². The van der Waals surface area contributed by atoms with Crippen LogP contribution >= 0.6 is 0 Å². The Morgan fingerprint density at radius 3 is 2.33 bits per heavy atom. The Balaban J connectivity index is 2.19.